The van der Waals surface area contributed by atoms with Crippen LogP contribution in [0.2, 0.25) is 0 Å². The molecule has 1 N–H and O–H groups in total. The van der Waals surface area contributed by atoms with E-state index in [-0.39, 0.29) is 12.2 Å². The number of aromatic nitrogens is 1. The number of hydrogen-bond acceptors (Lipinski definition) is 2. The van der Waals surface area contributed by atoms with Gasteiger partial charge in [-0.2, -0.15) is 13.2 Å². The van der Waals surface area contributed by atoms with Crippen molar-refractivity contribution in [3.8, 4) is 0 Å². The summed E-state index contributed by atoms with van der Waals surface area (Å²) in [6.07, 6.45) is -4.70. The Labute approximate surface area is 152 Å². The zero-order chi connectivity index (χ0) is 19.4. The van der Waals surface area contributed by atoms with Crippen molar-refractivity contribution in [1.82, 2.24) is 4.57 Å². The first kappa shape index (κ1) is 18.4. The Kier molecular flexibility index (Phi) is 5.12. The predicted octanol–water partition coefficient (Wildman–Crippen LogP) is 4.17. The fraction of sp³-hybridized carbons (Fsp3) is 0.100. The van der Waals surface area contributed by atoms with Crippen LogP contribution in [-0.4, -0.2) is 10.5 Å². The van der Waals surface area contributed by atoms with Crippen LogP contribution in [0.1, 0.15) is 21.6 Å². The van der Waals surface area contributed by atoms with E-state index in [2.05, 4.69) is 5.32 Å². The lowest BCUT2D eigenvalue weighted by molar-refractivity contribution is -0.144. The molecule has 0 bridgehead atoms. The maximum absolute atomic E-state index is 13.3. The molecule has 0 saturated heterocycles. The van der Waals surface area contributed by atoms with Crippen molar-refractivity contribution in [2.24, 2.45) is 0 Å². The molecule has 0 aliphatic carbocycles. The fourth-order valence-corrected chi connectivity index (χ4v) is 2.63. The summed E-state index contributed by atoms with van der Waals surface area (Å²) in [5.74, 6) is -0.571. The van der Waals surface area contributed by atoms with Gasteiger partial charge in [0.2, 0.25) is 0 Å². The first-order valence-electron chi connectivity index (χ1n) is 8.07. The van der Waals surface area contributed by atoms with Crippen LogP contribution in [0.25, 0.3) is 0 Å². The third-order valence-corrected chi connectivity index (χ3v) is 3.93. The Morgan fingerprint density at radius 2 is 1.48 bits per heavy atom. The van der Waals surface area contributed by atoms with Crippen molar-refractivity contribution in [1.29, 1.82) is 0 Å². The molecule has 1 aromatic heterocycles. The Bertz CT molecular complexity index is 997. The number of carbonyl (C=O) groups is 1. The van der Waals surface area contributed by atoms with Gasteiger partial charge in [-0.15, -0.1) is 0 Å². The molecule has 0 spiro atoms. The lowest BCUT2D eigenvalue weighted by atomic mass is 10.2. The van der Waals surface area contributed by atoms with Crippen molar-refractivity contribution in [3.05, 3.63) is 100.0 Å². The van der Waals surface area contributed by atoms with E-state index in [1.54, 1.807) is 60.7 Å². The summed E-state index contributed by atoms with van der Waals surface area (Å²) < 4.78 is 40.7. The number of hydrogen-bond donors (Lipinski definition) is 1. The molecule has 0 radical (unpaired) electrons. The minimum atomic E-state index is -4.70. The number of carbonyl (C=O) groups excluding carboxylic acids is 1. The van der Waals surface area contributed by atoms with Gasteiger partial charge in [0.15, 0.2) is 0 Å². The van der Waals surface area contributed by atoms with Crippen LogP contribution in [0.4, 0.5) is 18.9 Å². The van der Waals surface area contributed by atoms with Gasteiger partial charge in [-0.05, 0) is 29.8 Å². The Morgan fingerprint density at radius 1 is 0.889 bits per heavy atom. The molecule has 1 heterocycles. The van der Waals surface area contributed by atoms with Crippen molar-refractivity contribution >= 4 is 11.6 Å². The molecule has 0 fully saturated rings. The Morgan fingerprint density at radius 3 is 2.07 bits per heavy atom. The van der Waals surface area contributed by atoms with E-state index < -0.39 is 23.3 Å². The highest BCUT2D eigenvalue weighted by molar-refractivity contribution is 6.04. The van der Waals surface area contributed by atoms with Crippen LogP contribution in [0.15, 0.2) is 77.6 Å². The molecule has 2 aromatic carbocycles. The summed E-state index contributed by atoms with van der Waals surface area (Å²) in [5, 5.41) is 2.39. The molecule has 0 unspecified atom stereocenters. The number of halogens is 3. The van der Waals surface area contributed by atoms with Gasteiger partial charge in [-0.3, -0.25) is 14.2 Å². The van der Waals surface area contributed by atoms with E-state index in [1.807, 2.05) is 0 Å². The van der Waals surface area contributed by atoms with E-state index in [9.17, 15) is 22.8 Å². The second-order valence-corrected chi connectivity index (χ2v) is 5.83. The predicted molar refractivity (Wildman–Crippen MR) is 95.6 cm³/mol. The highest BCUT2D eigenvalue weighted by Gasteiger charge is 2.35. The number of rotatable bonds is 4. The maximum atomic E-state index is 13.3. The highest BCUT2D eigenvalue weighted by atomic mass is 19.4. The lowest BCUT2D eigenvalue weighted by Gasteiger charge is -2.17. The number of nitrogens with zero attached hydrogens (tertiary/aromatic N) is 1. The van der Waals surface area contributed by atoms with Crippen molar-refractivity contribution < 1.29 is 18.0 Å². The summed E-state index contributed by atoms with van der Waals surface area (Å²) >= 11 is 0. The Balaban J connectivity index is 2.00. The van der Waals surface area contributed by atoms with Gasteiger partial charge in [0, 0.05) is 5.56 Å². The van der Waals surface area contributed by atoms with Crippen LogP contribution in [0, 0.1) is 0 Å². The lowest BCUT2D eigenvalue weighted by Crippen LogP contribution is -2.31. The summed E-state index contributed by atoms with van der Waals surface area (Å²) in [6, 6.07) is 18.2. The minimum absolute atomic E-state index is 0.215. The van der Waals surface area contributed by atoms with E-state index in [0.29, 0.717) is 15.7 Å². The molecular formula is C20H15F3N2O2. The van der Waals surface area contributed by atoms with Gasteiger partial charge in [0.1, 0.15) is 11.4 Å². The minimum Gasteiger partial charge on any atom is -0.317 e. The summed E-state index contributed by atoms with van der Waals surface area (Å²) in [4.78, 5) is 24.9. The molecule has 138 valence electrons. The van der Waals surface area contributed by atoms with Crippen LogP contribution in [0.3, 0.4) is 0 Å². The topological polar surface area (TPSA) is 51.1 Å². The van der Waals surface area contributed by atoms with Gasteiger partial charge < -0.3 is 5.32 Å². The van der Waals surface area contributed by atoms with E-state index in [1.165, 1.54) is 0 Å². The molecule has 0 atom stereocenters. The largest absolute Gasteiger partial charge is 0.431 e. The molecule has 1 amide bonds. The van der Waals surface area contributed by atoms with Gasteiger partial charge >= 0.3 is 6.18 Å². The molecule has 3 rings (SSSR count). The molecule has 0 aliphatic heterocycles. The summed E-state index contributed by atoms with van der Waals surface area (Å²) in [5.41, 5.74) is -1.37. The zero-order valence-electron chi connectivity index (χ0n) is 14.0. The zero-order valence-corrected chi connectivity index (χ0v) is 14.0. The number of pyridine rings is 1. The van der Waals surface area contributed by atoms with E-state index in [4.69, 9.17) is 0 Å². The van der Waals surface area contributed by atoms with Crippen LogP contribution in [0.5, 0.6) is 0 Å². The average molecular weight is 372 g/mol. The molecular weight excluding hydrogens is 357 g/mol. The van der Waals surface area contributed by atoms with Crippen molar-refractivity contribution in [2.75, 3.05) is 5.32 Å². The maximum Gasteiger partial charge on any atom is 0.431 e. The van der Waals surface area contributed by atoms with Crippen molar-refractivity contribution in [3.63, 3.8) is 0 Å². The monoisotopic (exact) mass is 372 g/mol. The highest BCUT2D eigenvalue weighted by Crippen LogP contribution is 2.29. The van der Waals surface area contributed by atoms with Gasteiger partial charge in [-0.25, -0.2) is 0 Å². The Hall–Kier alpha value is -3.35. The van der Waals surface area contributed by atoms with Gasteiger partial charge in [0.25, 0.3) is 11.5 Å². The smallest absolute Gasteiger partial charge is 0.317 e. The fourth-order valence-electron chi connectivity index (χ4n) is 2.63. The van der Waals surface area contributed by atoms with Crippen molar-refractivity contribution in [2.45, 2.75) is 12.7 Å². The standard InChI is InChI=1S/C20H15F3N2O2/c21-20(22,23)17-12-11-16(24-18(26)15-9-5-2-6-10-15)19(27)25(17)13-14-7-3-1-4-8-14/h1-12H,13H2,(H,24,26). The van der Waals surface area contributed by atoms with Crippen LogP contribution >= 0.6 is 0 Å². The summed E-state index contributed by atoms with van der Waals surface area (Å²) in [7, 11) is 0. The number of amides is 1. The third-order valence-electron chi connectivity index (χ3n) is 3.93. The number of benzene rings is 2. The number of alkyl halides is 3. The SMILES string of the molecule is O=C(Nc1ccc(C(F)(F)F)n(Cc2ccccc2)c1=O)c1ccccc1. The van der Waals surface area contributed by atoms with Crippen LogP contribution < -0.4 is 10.9 Å². The normalized spacial score (nSPS) is 11.2. The number of anilines is 1. The van der Waals surface area contributed by atoms with E-state index in [0.717, 1.165) is 12.1 Å². The first-order valence-corrected chi connectivity index (χ1v) is 8.07. The van der Waals surface area contributed by atoms with Gasteiger partial charge in [0.05, 0.1) is 6.54 Å². The summed E-state index contributed by atoms with van der Waals surface area (Å²) in [6.45, 7) is -0.260. The first-order chi connectivity index (χ1) is 12.9. The molecule has 3 aromatic rings. The molecule has 27 heavy (non-hydrogen) atoms. The average Bonchev–Trinajstić information content (AvgIpc) is 2.65. The molecule has 4 nitrogen and oxygen atoms in total. The molecule has 0 aliphatic rings. The second kappa shape index (κ2) is 7.49. The van der Waals surface area contributed by atoms with Crippen LogP contribution in [-0.2, 0) is 12.7 Å². The quantitative estimate of drug-likeness (QED) is 0.747. The second-order valence-electron chi connectivity index (χ2n) is 5.83. The van der Waals surface area contributed by atoms with E-state index >= 15 is 0 Å². The number of nitrogens with one attached hydrogen (secondary N) is 1. The molecule has 7 heteroatoms. The third kappa shape index (κ3) is 4.25. The molecule has 0 saturated carbocycles. The van der Waals surface area contributed by atoms with Gasteiger partial charge in [-0.1, -0.05) is 48.5 Å².